The van der Waals surface area contributed by atoms with Crippen LogP contribution < -0.4 is 10.6 Å². The normalized spacial score (nSPS) is 15.6. The summed E-state index contributed by atoms with van der Waals surface area (Å²) in [5.74, 6) is 0. The number of ether oxygens (including phenoxy) is 1. The van der Waals surface area contributed by atoms with Crippen molar-refractivity contribution in [3.05, 3.63) is 39.9 Å². The van der Waals surface area contributed by atoms with Crippen molar-refractivity contribution in [2.45, 2.75) is 25.5 Å². The fourth-order valence-electron chi connectivity index (χ4n) is 2.04. The van der Waals surface area contributed by atoms with Gasteiger partial charge in [-0.1, -0.05) is 0 Å². The molecule has 0 aromatic heterocycles. The summed E-state index contributed by atoms with van der Waals surface area (Å²) in [6.07, 6.45) is 1.34. The van der Waals surface area contributed by atoms with Gasteiger partial charge in [0.25, 0.3) is 5.69 Å². The number of hydrogen-bond donors (Lipinski definition) is 2. The predicted octanol–water partition coefficient (Wildman–Crippen LogP) is 1.57. The number of amides is 1. The van der Waals surface area contributed by atoms with Crippen molar-refractivity contribution in [1.29, 1.82) is 0 Å². The van der Waals surface area contributed by atoms with Crippen molar-refractivity contribution in [1.82, 2.24) is 10.6 Å². The standard InChI is InChI=1S/C13H17N3O4/c17-13(15-11-5-7-14-8-6-11)20-9-10-1-3-12(4-2-10)16(18)19/h1-4,11,14H,5-9H2,(H,15,17). The molecule has 0 unspecified atom stereocenters. The monoisotopic (exact) mass is 279 g/mol. The molecule has 20 heavy (non-hydrogen) atoms. The highest BCUT2D eigenvalue weighted by Gasteiger charge is 2.16. The highest BCUT2D eigenvalue weighted by molar-refractivity contribution is 5.67. The maximum Gasteiger partial charge on any atom is 0.407 e. The van der Waals surface area contributed by atoms with Crippen molar-refractivity contribution in [3.63, 3.8) is 0 Å². The molecule has 0 aliphatic carbocycles. The number of hydrogen-bond acceptors (Lipinski definition) is 5. The first kappa shape index (κ1) is 14.3. The maximum absolute atomic E-state index is 11.6. The average Bonchev–Trinajstić information content (AvgIpc) is 2.46. The molecule has 1 heterocycles. The van der Waals surface area contributed by atoms with Gasteiger partial charge in [0, 0.05) is 18.2 Å². The number of nitro benzene ring substituents is 1. The molecule has 0 atom stereocenters. The molecule has 1 saturated heterocycles. The number of nitrogens with zero attached hydrogens (tertiary/aromatic N) is 1. The summed E-state index contributed by atoms with van der Waals surface area (Å²) < 4.78 is 5.09. The van der Waals surface area contributed by atoms with Crippen LogP contribution in [-0.4, -0.2) is 30.1 Å². The predicted molar refractivity (Wildman–Crippen MR) is 72.3 cm³/mol. The van der Waals surface area contributed by atoms with Crippen LogP contribution in [0.15, 0.2) is 24.3 Å². The van der Waals surface area contributed by atoms with Gasteiger partial charge in [0.1, 0.15) is 6.61 Å². The Balaban J connectivity index is 1.76. The molecule has 2 rings (SSSR count). The van der Waals surface area contributed by atoms with Gasteiger partial charge >= 0.3 is 6.09 Å². The van der Waals surface area contributed by atoms with E-state index in [2.05, 4.69) is 10.6 Å². The van der Waals surface area contributed by atoms with E-state index >= 15 is 0 Å². The number of alkyl carbamates (subject to hydrolysis) is 1. The van der Waals surface area contributed by atoms with Gasteiger partial charge in [0.05, 0.1) is 4.92 Å². The molecular formula is C13H17N3O4. The lowest BCUT2D eigenvalue weighted by atomic mass is 10.1. The van der Waals surface area contributed by atoms with Crippen molar-refractivity contribution in [2.24, 2.45) is 0 Å². The molecule has 7 nitrogen and oxygen atoms in total. The summed E-state index contributed by atoms with van der Waals surface area (Å²) in [6, 6.07) is 6.10. The molecule has 1 aliphatic rings. The van der Waals surface area contributed by atoms with Crippen molar-refractivity contribution in [2.75, 3.05) is 13.1 Å². The molecule has 1 amide bonds. The lowest BCUT2D eigenvalue weighted by molar-refractivity contribution is -0.384. The van der Waals surface area contributed by atoms with Gasteiger partial charge in [-0.15, -0.1) is 0 Å². The molecule has 1 aromatic rings. The zero-order chi connectivity index (χ0) is 14.4. The van der Waals surface area contributed by atoms with Crippen molar-refractivity contribution < 1.29 is 14.5 Å². The molecule has 1 fully saturated rings. The summed E-state index contributed by atoms with van der Waals surface area (Å²) in [6.45, 7) is 1.90. The Morgan fingerprint density at radius 3 is 2.60 bits per heavy atom. The van der Waals surface area contributed by atoms with Crippen LogP contribution in [-0.2, 0) is 11.3 Å². The van der Waals surface area contributed by atoms with E-state index in [0.29, 0.717) is 0 Å². The van der Waals surface area contributed by atoms with Gasteiger partial charge in [-0.3, -0.25) is 10.1 Å². The maximum atomic E-state index is 11.6. The number of rotatable bonds is 4. The summed E-state index contributed by atoms with van der Waals surface area (Å²) in [5.41, 5.74) is 0.740. The second kappa shape index (κ2) is 6.85. The minimum absolute atomic E-state index is 0.0212. The first-order valence-electron chi connectivity index (χ1n) is 6.52. The smallest absolute Gasteiger partial charge is 0.407 e. The Hall–Kier alpha value is -2.15. The topological polar surface area (TPSA) is 93.5 Å². The summed E-state index contributed by atoms with van der Waals surface area (Å²) in [7, 11) is 0. The van der Waals surface area contributed by atoms with E-state index in [4.69, 9.17) is 4.74 Å². The second-order valence-corrected chi connectivity index (χ2v) is 4.67. The van der Waals surface area contributed by atoms with Crippen LogP contribution in [0.1, 0.15) is 18.4 Å². The van der Waals surface area contributed by atoms with Crippen LogP contribution in [0.5, 0.6) is 0 Å². The summed E-state index contributed by atoms with van der Waals surface area (Å²) in [4.78, 5) is 21.6. The third-order valence-electron chi connectivity index (χ3n) is 3.18. The third-order valence-corrected chi connectivity index (χ3v) is 3.18. The highest BCUT2D eigenvalue weighted by atomic mass is 16.6. The quantitative estimate of drug-likeness (QED) is 0.644. The van der Waals surface area contributed by atoms with E-state index in [1.54, 1.807) is 12.1 Å². The number of non-ortho nitro benzene ring substituents is 1. The first-order chi connectivity index (χ1) is 9.65. The molecule has 0 bridgehead atoms. The zero-order valence-corrected chi connectivity index (χ0v) is 11.0. The van der Waals surface area contributed by atoms with E-state index < -0.39 is 11.0 Å². The molecular weight excluding hydrogens is 262 g/mol. The minimum Gasteiger partial charge on any atom is -0.445 e. The molecule has 0 spiro atoms. The van der Waals surface area contributed by atoms with Crippen LogP contribution in [0.3, 0.4) is 0 Å². The number of piperidine rings is 1. The average molecular weight is 279 g/mol. The number of benzene rings is 1. The van der Waals surface area contributed by atoms with E-state index in [1.165, 1.54) is 12.1 Å². The largest absolute Gasteiger partial charge is 0.445 e. The van der Waals surface area contributed by atoms with E-state index in [-0.39, 0.29) is 18.3 Å². The molecule has 7 heteroatoms. The van der Waals surface area contributed by atoms with Crippen LogP contribution in [0.2, 0.25) is 0 Å². The minimum atomic E-state index is -0.464. The number of carbonyl (C=O) groups excluding carboxylic acids is 1. The molecule has 0 radical (unpaired) electrons. The van der Waals surface area contributed by atoms with E-state index in [1.807, 2.05) is 0 Å². The Morgan fingerprint density at radius 2 is 2.00 bits per heavy atom. The fourth-order valence-corrected chi connectivity index (χ4v) is 2.04. The second-order valence-electron chi connectivity index (χ2n) is 4.67. The number of carbonyl (C=O) groups is 1. The lowest BCUT2D eigenvalue weighted by Crippen LogP contribution is -2.42. The highest BCUT2D eigenvalue weighted by Crippen LogP contribution is 2.12. The molecule has 1 aromatic carbocycles. The van der Waals surface area contributed by atoms with Gasteiger partial charge < -0.3 is 15.4 Å². The molecule has 2 N–H and O–H groups in total. The van der Waals surface area contributed by atoms with Gasteiger partial charge in [-0.25, -0.2) is 4.79 Å². The zero-order valence-electron chi connectivity index (χ0n) is 11.0. The molecule has 1 aliphatic heterocycles. The van der Waals surface area contributed by atoms with E-state index in [0.717, 1.165) is 31.5 Å². The Bertz CT molecular complexity index is 469. The number of nitrogens with one attached hydrogen (secondary N) is 2. The van der Waals surface area contributed by atoms with Crippen LogP contribution in [0.25, 0.3) is 0 Å². The van der Waals surface area contributed by atoms with Crippen LogP contribution in [0.4, 0.5) is 10.5 Å². The SMILES string of the molecule is O=C(NC1CCNCC1)OCc1ccc([N+](=O)[O-])cc1. The van der Waals surface area contributed by atoms with Crippen LogP contribution >= 0.6 is 0 Å². The summed E-state index contributed by atoms with van der Waals surface area (Å²) in [5, 5.41) is 16.5. The van der Waals surface area contributed by atoms with Crippen molar-refractivity contribution in [3.8, 4) is 0 Å². The Kier molecular flexibility index (Phi) is 4.89. The van der Waals surface area contributed by atoms with Gasteiger partial charge in [0.15, 0.2) is 0 Å². The number of nitro groups is 1. The fraction of sp³-hybridized carbons (Fsp3) is 0.462. The molecule has 0 saturated carbocycles. The van der Waals surface area contributed by atoms with Crippen molar-refractivity contribution >= 4 is 11.8 Å². The van der Waals surface area contributed by atoms with Gasteiger partial charge in [-0.2, -0.15) is 0 Å². The van der Waals surface area contributed by atoms with Gasteiger partial charge in [0.2, 0.25) is 0 Å². The van der Waals surface area contributed by atoms with Crippen LogP contribution in [0, 0.1) is 10.1 Å². The Labute approximate surface area is 116 Å². The summed E-state index contributed by atoms with van der Waals surface area (Å²) >= 11 is 0. The first-order valence-corrected chi connectivity index (χ1v) is 6.52. The Morgan fingerprint density at radius 1 is 1.35 bits per heavy atom. The van der Waals surface area contributed by atoms with E-state index in [9.17, 15) is 14.9 Å². The van der Waals surface area contributed by atoms with Gasteiger partial charge in [-0.05, 0) is 43.6 Å². The molecule has 108 valence electrons. The third kappa shape index (κ3) is 4.20. The lowest BCUT2D eigenvalue weighted by Gasteiger charge is -2.23.